The third-order valence-corrected chi connectivity index (χ3v) is 10.9. The van der Waals surface area contributed by atoms with Gasteiger partial charge in [-0.05, 0) is 97.8 Å². The molecule has 4 aliphatic rings. The van der Waals surface area contributed by atoms with E-state index in [1.807, 2.05) is 59.2 Å². The summed E-state index contributed by atoms with van der Waals surface area (Å²) in [6, 6.07) is 21.9. The highest BCUT2D eigenvalue weighted by molar-refractivity contribution is 6.05. The number of carbonyl (C=O) groups is 3. The van der Waals surface area contributed by atoms with Crippen LogP contribution in [-0.2, 0) is 16.1 Å². The molecule has 1 unspecified atom stereocenters. The lowest BCUT2D eigenvalue weighted by Gasteiger charge is -2.31. The fourth-order valence-electron chi connectivity index (χ4n) is 8.13. The Morgan fingerprint density at radius 3 is 2.55 bits per heavy atom. The third kappa shape index (κ3) is 6.26. The number of carbonyl (C=O) groups excluding carboxylic acids is 3. The Morgan fingerprint density at radius 1 is 0.830 bits per heavy atom. The number of fused-ring (bicyclic) bond motifs is 2. The molecule has 53 heavy (non-hydrogen) atoms. The summed E-state index contributed by atoms with van der Waals surface area (Å²) >= 11 is 0. The maximum atomic E-state index is 14.1. The Bertz CT molecular complexity index is 2340. The van der Waals surface area contributed by atoms with Gasteiger partial charge in [0.1, 0.15) is 29.2 Å². The van der Waals surface area contributed by atoms with Crippen LogP contribution < -0.4 is 15.1 Å². The summed E-state index contributed by atoms with van der Waals surface area (Å²) in [5, 5.41) is 7.36. The maximum Gasteiger partial charge on any atom is 0.255 e. The summed E-state index contributed by atoms with van der Waals surface area (Å²) in [4.78, 5) is 52.8. The van der Waals surface area contributed by atoms with Gasteiger partial charge in [-0.2, -0.15) is 0 Å². The van der Waals surface area contributed by atoms with Gasteiger partial charge in [-0.3, -0.25) is 19.7 Å². The number of hydrogen-bond donors (Lipinski definition) is 1. The highest BCUT2D eigenvalue weighted by Gasteiger charge is 2.39. The van der Waals surface area contributed by atoms with Gasteiger partial charge in [0.05, 0.1) is 17.9 Å². The number of nitrogens with one attached hydrogen (secondary N) is 1. The predicted octanol–water partition coefficient (Wildman–Crippen LogP) is 5.30. The van der Waals surface area contributed by atoms with Gasteiger partial charge < -0.3 is 14.7 Å². The van der Waals surface area contributed by atoms with E-state index in [0.29, 0.717) is 18.5 Å². The number of imide groups is 1. The van der Waals surface area contributed by atoms with E-state index >= 15 is 0 Å². The lowest BCUT2D eigenvalue weighted by Crippen LogP contribution is -2.52. The number of nitrogens with zero attached hydrogens (tertiary/aromatic N) is 7. The minimum absolute atomic E-state index is 0.0635. The highest BCUT2D eigenvalue weighted by atomic mass is 19.1. The molecule has 266 valence electrons. The first-order valence-corrected chi connectivity index (χ1v) is 18.3. The smallest absolute Gasteiger partial charge is 0.255 e. The van der Waals surface area contributed by atoms with Crippen molar-refractivity contribution >= 4 is 35.0 Å². The third-order valence-electron chi connectivity index (χ3n) is 10.9. The first-order valence-electron chi connectivity index (χ1n) is 18.3. The van der Waals surface area contributed by atoms with Gasteiger partial charge in [0.15, 0.2) is 5.65 Å². The molecule has 11 nitrogen and oxygen atoms in total. The topological polar surface area (TPSA) is 116 Å². The molecule has 0 radical (unpaired) electrons. The summed E-state index contributed by atoms with van der Waals surface area (Å²) in [7, 11) is 0. The van der Waals surface area contributed by atoms with Crippen LogP contribution in [0, 0.1) is 23.6 Å². The molecule has 0 spiro atoms. The Kier molecular flexibility index (Phi) is 8.33. The molecule has 4 aliphatic heterocycles. The van der Waals surface area contributed by atoms with E-state index in [2.05, 4.69) is 31.9 Å². The zero-order valence-electron chi connectivity index (χ0n) is 29.0. The van der Waals surface area contributed by atoms with Crippen molar-refractivity contribution < 1.29 is 18.8 Å². The van der Waals surface area contributed by atoms with Crippen molar-refractivity contribution in [3.8, 4) is 23.2 Å². The first-order chi connectivity index (χ1) is 25.9. The lowest BCUT2D eigenvalue weighted by molar-refractivity contribution is -0.136. The van der Waals surface area contributed by atoms with Gasteiger partial charge in [0, 0.05) is 49.6 Å². The summed E-state index contributed by atoms with van der Waals surface area (Å²) < 4.78 is 15.9. The number of benzene rings is 2. The minimum Gasteiger partial charge on any atom is -0.357 e. The number of piperidine rings is 2. The van der Waals surface area contributed by atoms with Gasteiger partial charge >= 0.3 is 0 Å². The summed E-state index contributed by atoms with van der Waals surface area (Å²) in [6.07, 6.45) is 6.13. The van der Waals surface area contributed by atoms with Crippen LogP contribution >= 0.6 is 0 Å². The molecule has 12 heteroatoms. The molecular weight excluding hydrogens is 672 g/mol. The second-order valence-electron chi connectivity index (χ2n) is 14.2. The number of hydrogen-bond acceptors (Lipinski definition) is 8. The van der Waals surface area contributed by atoms with Crippen LogP contribution in [0.4, 0.5) is 16.0 Å². The number of pyridine rings is 1. The van der Waals surface area contributed by atoms with Gasteiger partial charge in [-0.1, -0.05) is 30.0 Å². The molecule has 3 aromatic heterocycles. The van der Waals surface area contributed by atoms with E-state index in [9.17, 15) is 18.8 Å². The van der Waals surface area contributed by atoms with E-state index in [1.54, 1.807) is 23.1 Å². The average Bonchev–Trinajstić information content (AvgIpc) is 3.92. The molecule has 2 atom stereocenters. The van der Waals surface area contributed by atoms with Crippen LogP contribution in [0.3, 0.4) is 0 Å². The summed E-state index contributed by atoms with van der Waals surface area (Å²) in [5.74, 6) is 7.63. The van der Waals surface area contributed by atoms with E-state index in [1.165, 1.54) is 6.07 Å². The van der Waals surface area contributed by atoms with Crippen molar-refractivity contribution in [3.05, 3.63) is 107 Å². The van der Waals surface area contributed by atoms with E-state index in [4.69, 9.17) is 10.1 Å². The molecule has 9 rings (SSSR count). The number of halogens is 1. The van der Waals surface area contributed by atoms with Crippen LogP contribution in [-0.4, -0.2) is 67.9 Å². The molecule has 3 amide bonds. The van der Waals surface area contributed by atoms with Crippen LogP contribution in [0.1, 0.15) is 71.6 Å². The summed E-state index contributed by atoms with van der Waals surface area (Å²) in [6.45, 7) is 2.82. The van der Waals surface area contributed by atoms with E-state index in [-0.39, 0.29) is 36.0 Å². The normalized spacial score (nSPS) is 20.5. The molecule has 3 saturated heterocycles. The lowest BCUT2D eigenvalue weighted by atomic mass is 9.96. The van der Waals surface area contributed by atoms with E-state index < -0.39 is 11.9 Å². The molecule has 0 aliphatic carbocycles. The Hall–Kier alpha value is -6.09. The van der Waals surface area contributed by atoms with Crippen LogP contribution in [0.5, 0.6) is 0 Å². The number of amides is 3. The standard InChI is InChI=1S/C41H37FN8O3/c42-30-5-1-4-28(23-30)33-7-3-19-48(33)38-15-14-36-43-24-35(50(36)46-38)32-6-2-8-37(44-32)47-20-17-26(18-21-47)9-10-27-11-12-31-29(22-27)25-49(41(31)53)34-13-16-39(51)45-40(34)52/h1-2,4-6,8,11-12,14-15,22-24,26,33-34H,3,7,13,16-21,25H2,(H,45,51,52)/t33-,34?/m1/s1. The quantitative estimate of drug-likeness (QED) is 0.193. The Morgan fingerprint density at radius 2 is 1.70 bits per heavy atom. The second kappa shape index (κ2) is 13.5. The number of rotatable bonds is 5. The molecule has 5 aromatic rings. The Labute approximate surface area is 305 Å². The first kappa shape index (κ1) is 32.8. The molecule has 0 saturated carbocycles. The maximum absolute atomic E-state index is 14.1. The fraction of sp³-hybridized carbons (Fsp3) is 0.317. The van der Waals surface area contributed by atoms with Crippen molar-refractivity contribution in [1.29, 1.82) is 0 Å². The van der Waals surface area contributed by atoms with Crippen LogP contribution in [0.15, 0.2) is 79.0 Å². The van der Waals surface area contributed by atoms with Gasteiger partial charge in [-0.15, -0.1) is 5.10 Å². The second-order valence-corrected chi connectivity index (χ2v) is 14.2. The highest BCUT2D eigenvalue weighted by Crippen LogP contribution is 2.36. The zero-order valence-corrected chi connectivity index (χ0v) is 29.0. The van der Waals surface area contributed by atoms with Crippen LogP contribution in [0.2, 0.25) is 0 Å². The van der Waals surface area contributed by atoms with Crippen molar-refractivity contribution in [1.82, 2.24) is 29.8 Å². The van der Waals surface area contributed by atoms with Gasteiger partial charge in [0.2, 0.25) is 11.8 Å². The van der Waals surface area contributed by atoms with Crippen molar-refractivity contribution in [2.24, 2.45) is 5.92 Å². The van der Waals surface area contributed by atoms with E-state index in [0.717, 1.165) is 90.7 Å². The molecule has 0 bridgehead atoms. The van der Waals surface area contributed by atoms with Crippen molar-refractivity contribution in [2.45, 2.75) is 57.2 Å². The average molecular weight is 709 g/mol. The zero-order chi connectivity index (χ0) is 36.1. The monoisotopic (exact) mass is 708 g/mol. The molecule has 3 fully saturated rings. The number of imidazole rings is 1. The number of aromatic nitrogens is 4. The molecular formula is C41H37FN8O3. The summed E-state index contributed by atoms with van der Waals surface area (Å²) in [5.41, 5.74) is 5.58. The predicted molar refractivity (Wildman–Crippen MR) is 196 cm³/mol. The largest absolute Gasteiger partial charge is 0.357 e. The fourth-order valence-corrected chi connectivity index (χ4v) is 8.13. The Balaban J connectivity index is 0.865. The minimum atomic E-state index is -0.631. The molecule has 7 heterocycles. The van der Waals surface area contributed by atoms with Crippen molar-refractivity contribution in [3.63, 3.8) is 0 Å². The molecule has 1 N–H and O–H groups in total. The number of anilines is 2. The molecule has 2 aromatic carbocycles. The van der Waals surface area contributed by atoms with Crippen LogP contribution in [0.25, 0.3) is 17.0 Å². The van der Waals surface area contributed by atoms with Crippen molar-refractivity contribution in [2.75, 3.05) is 29.4 Å². The van der Waals surface area contributed by atoms with Gasteiger partial charge in [0.25, 0.3) is 5.91 Å². The van der Waals surface area contributed by atoms with Gasteiger partial charge in [-0.25, -0.2) is 18.9 Å². The SMILES string of the molecule is O=C1CCC(N2Cc3cc(C#CC4CCN(c5cccc(-c6cnc7ccc(N8CCC[C@@H]8c8cccc(F)c8)nn67)n5)CC4)ccc3C2=O)C(=O)N1.